The lowest BCUT2D eigenvalue weighted by atomic mass is 10.4. The van der Waals surface area contributed by atoms with Gasteiger partial charge in [-0.2, -0.15) is 0 Å². The molecule has 1 aliphatic heterocycles. The lowest BCUT2D eigenvalue weighted by Crippen LogP contribution is -2.31. The summed E-state index contributed by atoms with van der Waals surface area (Å²) in [6, 6.07) is 0. The van der Waals surface area contributed by atoms with Crippen molar-refractivity contribution in [3.63, 3.8) is 0 Å². The monoisotopic (exact) mass is 268 g/mol. The maximum Gasteiger partial charge on any atom is 0.0909 e. The highest BCUT2D eigenvalue weighted by atomic mass is 127. The summed E-state index contributed by atoms with van der Waals surface area (Å²) in [6.45, 7) is 6.18. The summed E-state index contributed by atoms with van der Waals surface area (Å²) in [5.41, 5.74) is 0. The number of hydrogen-bond donors (Lipinski definition) is 0. The molecule has 1 heterocycles. The fourth-order valence-electron chi connectivity index (χ4n) is 1.14. The molecule has 0 aromatic heterocycles. The average molecular weight is 268 g/mol. The maximum atomic E-state index is 5.19. The molecule has 1 unspecified atom stereocenters. The van der Waals surface area contributed by atoms with E-state index in [9.17, 15) is 0 Å². The van der Waals surface area contributed by atoms with Crippen LogP contribution in [0.5, 0.6) is 0 Å². The number of hydrogen-bond acceptors (Lipinski definition) is 1. The van der Waals surface area contributed by atoms with Gasteiger partial charge in [0.15, 0.2) is 0 Å². The first-order valence-corrected chi connectivity index (χ1v) is 5.13. The van der Waals surface area contributed by atoms with Gasteiger partial charge in [0.2, 0.25) is 0 Å². The third-order valence-corrected chi connectivity index (χ3v) is 3.24. The highest BCUT2D eigenvalue weighted by molar-refractivity contribution is 14.1. The fraction of sp³-hybridized carbons (Fsp3) is 0.714. The minimum atomic E-state index is 0.269. The summed E-state index contributed by atoms with van der Waals surface area (Å²) in [4.78, 5) is 3.29. The molecule has 0 N–H and O–H groups in total. The standard InChI is InChI=1S/C7H11INS/c1-6(8)7(10)9-4-2-3-5-9/h6H,1-5H2. The molecule has 0 aromatic rings. The van der Waals surface area contributed by atoms with Gasteiger partial charge >= 0.3 is 0 Å². The predicted octanol–water partition coefficient (Wildman–Crippen LogP) is 2.05. The van der Waals surface area contributed by atoms with E-state index in [-0.39, 0.29) is 3.92 Å². The van der Waals surface area contributed by atoms with Crippen molar-refractivity contribution in [2.75, 3.05) is 13.1 Å². The van der Waals surface area contributed by atoms with E-state index in [0.29, 0.717) is 0 Å². The summed E-state index contributed by atoms with van der Waals surface area (Å²) in [5, 5.41) is 0. The molecule has 10 heavy (non-hydrogen) atoms. The molecule has 3 heteroatoms. The van der Waals surface area contributed by atoms with Crippen molar-refractivity contribution in [2.24, 2.45) is 0 Å². The van der Waals surface area contributed by atoms with Crippen LogP contribution in [0, 0.1) is 6.92 Å². The SMILES string of the molecule is [CH2]C(I)C(=S)N1CCCC1. The third-order valence-electron chi connectivity index (χ3n) is 1.69. The van der Waals surface area contributed by atoms with Gasteiger partial charge in [0.1, 0.15) is 0 Å². The van der Waals surface area contributed by atoms with Crippen LogP contribution in [0.1, 0.15) is 12.8 Å². The summed E-state index contributed by atoms with van der Waals surface area (Å²) in [5.74, 6) is 0. The number of halogens is 1. The van der Waals surface area contributed by atoms with E-state index in [1.54, 1.807) is 0 Å². The van der Waals surface area contributed by atoms with Crippen LogP contribution in [0.3, 0.4) is 0 Å². The van der Waals surface area contributed by atoms with E-state index in [4.69, 9.17) is 12.2 Å². The van der Waals surface area contributed by atoms with Gasteiger partial charge in [-0.1, -0.05) is 34.8 Å². The van der Waals surface area contributed by atoms with E-state index >= 15 is 0 Å². The summed E-state index contributed by atoms with van der Waals surface area (Å²) >= 11 is 7.46. The molecule has 1 fully saturated rings. The van der Waals surface area contributed by atoms with Crippen LogP contribution in [0.15, 0.2) is 0 Å². The van der Waals surface area contributed by atoms with Crippen molar-refractivity contribution >= 4 is 39.8 Å². The molecule has 1 rings (SSSR count). The van der Waals surface area contributed by atoms with Gasteiger partial charge in [0.25, 0.3) is 0 Å². The molecule has 0 spiro atoms. The number of likely N-dealkylation sites (tertiary alicyclic amines) is 1. The van der Waals surface area contributed by atoms with Gasteiger partial charge < -0.3 is 4.90 Å². The van der Waals surface area contributed by atoms with Gasteiger partial charge in [-0.15, -0.1) is 0 Å². The van der Waals surface area contributed by atoms with Crippen molar-refractivity contribution in [2.45, 2.75) is 16.8 Å². The molecule has 1 atom stereocenters. The second kappa shape index (κ2) is 3.85. The summed E-state index contributed by atoms with van der Waals surface area (Å²) in [7, 11) is 0. The predicted molar refractivity (Wildman–Crippen MR) is 56.6 cm³/mol. The Bertz CT molecular complexity index is 130. The molecule has 0 aromatic carbocycles. The summed E-state index contributed by atoms with van der Waals surface area (Å²) in [6.07, 6.45) is 2.59. The van der Waals surface area contributed by atoms with E-state index < -0.39 is 0 Å². The molecule has 0 saturated carbocycles. The zero-order valence-electron chi connectivity index (χ0n) is 5.85. The molecular formula is C7H11INS. The van der Waals surface area contributed by atoms with Gasteiger partial charge in [-0.3, -0.25) is 0 Å². The highest BCUT2D eigenvalue weighted by Crippen LogP contribution is 2.13. The van der Waals surface area contributed by atoms with Crippen molar-refractivity contribution in [1.29, 1.82) is 0 Å². The Morgan fingerprint density at radius 2 is 2.00 bits per heavy atom. The van der Waals surface area contributed by atoms with Crippen molar-refractivity contribution in [3.05, 3.63) is 6.92 Å². The smallest absolute Gasteiger partial charge is 0.0909 e. The zero-order chi connectivity index (χ0) is 7.56. The van der Waals surface area contributed by atoms with Crippen molar-refractivity contribution in [1.82, 2.24) is 4.90 Å². The zero-order valence-corrected chi connectivity index (χ0v) is 8.82. The Morgan fingerprint density at radius 1 is 1.50 bits per heavy atom. The molecule has 1 aliphatic rings. The van der Waals surface area contributed by atoms with Gasteiger partial charge in [0, 0.05) is 13.1 Å². The number of thiocarbonyl (C=S) groups is 1. The maximum absolute atomic E-state index is 5.19. The molecule has 57 valence electrons. The van der Waals surface area contributed by atoms with Crippen LogP contribution in [0.25, 0.3) is 0 Å². The van der Waals surface area contributed by atoms with Crippen LogP contribution >= 0.6 is 34.8 Å². The van der Waals surface area contributed by atoms with Crippen LogP contribution in [-0.4, -0.2) is 26.9 Å². The van der Waals surface area contributed by atoms with E-state index in [1.807, 2.05) is 0 Å². The first kappa shape index (κ1) is 8.71. The summed E-state index contributed by atoms with van der Waals surface area (Å²) < 4.78 is 0.269. The molecule has 1 radical (unpaired) electrons. The van der Waals surface area contributed by atoms with Crippen LogP contribution < -0.4 is 0 Å². The molecule has 1 nitrogen and oxygen atoms in total. The number of nitrogens with zero attached hydrogens (tertiary/aromatic N) is 1. The Morgan fingerprint density at radius 3 is 2.40 bits per heavy atom. The van der Waals surface area contributed by atoms with E-state index in [2.05, 4.69) is 34.4 Å². The molecule has 0 amide bonds. The van der Waals surface area contributed by atoms with Gasteiger partial charge in [0.05, 0.1) is 8.91 Å². The molecule has 0 aliphatic carbocycles. The first-order valence-electron chi connectivity index (χ1n) is 3.48. The normalized spacial score (nSPS) is 21.2. The first-order chi connectivity index (χ1) is 4.72. The molecular weight excluding hydrogens is 257 g/mol. The third kappa shape index (κ3) is 2.05. The Kier molecular flexibility index (Phi) is 3.36. The minimum Gasteiger partial charge on any atom is -0.365 e. The van der Waals surface area contributed by atoms with E-state index in [0.717, 1.165) is 18.1 Å². The van der Waals surface area contributed by atoms with E-state index in [1.165, 1.54) is 12.8 Å². The molecule has 1 saturated heterocycles. The van der Waals surface area contributed by atoms with Crippen LogP contribution in [0.4, 0.5) is 0 Å². The van der Waals surface area contributed by atoms with Crippen LogP contribution in [-0.2, 0) is 0 Å². The van der Waals surface area contributed by atoms with Crippen molar-refractivity contribution < 1.29 is 0 Å². The van der Waals surface area contributed by atoms with Crippen LogP contribution in [0.2, 0.25) is 0 Å². The fourth-order valence-corrected chi connectivity index (χ4v) is 1.71. The lowest BCUT2D eigenvalue weighted by Gasteiger charge is -2.19. The topological polar surface area (TPSA) is 3.24 Å². The van der Waals surface area contributed by atoms with Gasteiger partial charge in [-0.05, 0) is 19.8 Å². The Hall–Kier alpha value is 0.620. The lowest BCUT2D eigenvalue weighted by molar-refractivity contribution is 0.524. The average Bonchev–Trinajstić information content (AvgIpc) is 2.36. The highest BCUT2D eigenvalue weighted by Gasteiger charge is 2.17. The largest absolute Gasteiger partial charge is 0.365 e. The van der Waals surface area contributed by atoms with Gasteiger partial charge in [-0.25, -0.2) is 0 Å². The second-order valence-electron chi connectivity index (χ2n) is 2.50. The quantitative estimate of drug-likeness (QED) is 0.407. The Labute approximate surface area is 81.3 Å². The number of rotatable bonds is 1. The minimum absolute atomic E-state index is 0.269. The second-order valence-corrected chi connectivity index (χ2v) is 4.42. The van der Waals surface area contributed by atoms with Crippen molar-refractivity contribution in [3.8, 4) is 0 Å². The number of alkyl halides is 1. The molecule has 0 bridgehead atoms. The Balaban J connectivity index is 2.40.